The van der Waals surface area contributed by atoms with E-state index in [0.29, 0.717) is 0 Å². The van der Waals surface area contributed by atoms with Crippen LogP contribution in [0.25, 0.3) is 0 Å². The lowest BCUT2D eigenvalue weighted by atomic mass is 10.3. The molecular weight excluding hydrogens is 294 g/mol. The maximum absolute atomic E-state index is 4.60. The molecule has 0 spiro atoms. The first-order valence-electron chi connectivity index (χ1n) is 6.07. The summed E-state index contributed by atoms with van der Waals surface area (Å²) in [6, 6.07) is 0. The number of hydrogen-bond acceptors (Lipinski definition) is 6. The lowest BCUT2D eigenvalue weighted by Crippen LogP contribution is -1.85. The Morgan fingerprint density at radius 3 is 2.74 bits per heavy atom. The molecule has 98 valence electrons. The second kappa shape index (κ2) is 5.90. The van der Waals surface area contributed by atoms with Crippen molar-refractivity contribution in [2.45, 2.75) is 26.2 Å². The Morgan fingerprint density at radius 2 is 2.00 bits per heavy atom. The van der Waals surface area contributed by atoms with Crippen molar-refractivity contribution in [3.05, 3.63) is 48.7 Å². The van der Waals surface area contributed by atoms with E-state index in [4.69, 9.17) is 0 Å². The molecule has 3 nitrogen and oxygen atoms in total. The van der Waals surface area contributed by atoms with E-state index in [1.165, 1.54) is 15.6 Å². The van der Waals surface area contributed by atoms with Crippen LogP contribution in [0.1, 0.15) is 33.2 Å². The minimum Gasteiger partial charge on any atom is -0.249 e. The Kier molecular flexibility index (Phi) is 4.00. The van der Waals surface area contributed by atoms with Gasteiger partial charge in [0.2, 0.25) is 0 Å². The molecule has 0 unspecified atom stereocenters. The Balaban J connectivity index is 1.67. The van der Waals surface area contributed by atoms with Gasteiger partial charge in [0.25, 0.3) is 0 Å². The summed E-state index contributed by atoms with van der Waals surface area (Å²) < 4.78 is 0. The van der Waals surface area contributed by atoms with Crippen molar-refractivity contribution in [3.8, 4) is 0 Å². The van der Waals surface area contributed by atoms with E-state index < -0.39 is 0 Å². The van der Waals surface area contributed by atoms with Gasteiger partial charge in [-0.3, -0.25) is 0 Å². The third-order valence-electron chi connectivity index (χ3n) is 2.70. The van der Waals surface area contributed by atoms with Gasteiger partial charge in [0.1, 0.15) is 0 Å². The third-order valence-corrected chi connectivity index (χ3v) is 5.23. The second-order valence-electron chi connectivity index (χ2n) is 4.14. The summed E-state index contributed by atoms with van der Waals surface area (Å²) in [5.41, 5.74) is 4.16. The molecule has 0 fully saturated rings. The van der Waals surface area contributed by atoms with E-state index in [0.717, 1.165) is 30.0 Å². The molecule has 6 heteroatoms. The number of hydrogen-bond donors (Lipinski definition) is 0. The van der Waals surface area contributed by atoms with E-state index in [2.05, 4.69) is 32.6 Å². The smallest absolute Gasteiger partial charge is 0.0987 e. The van der Waals surface area contributed by atoms with Crippen LogP contribution in [0.2, 0.25) is 0 Å². The van der Waals surface area contributed by atoms with Crippen molar-refractivity contribution in [1.82, 2.24) is 15.0 Å². The van der Waals surface area contributed by atoms with Crippen LogP contribution in [-0.4, -0.2) is 15.0 Å². The van der Waals surface area contributed by atoms with Gasteiger partial charge in [-0.05, 0) is 6.42 Å². The second-order valence-corrected chi connectivity index (χ2v) is 7.00. The molecule has 3 rings (SSSR count). The molecule has 0 saturated carbocycles. The summed E-state index contributed by atoms with van der Waals surface area (Å²) >= 11 is 5.13. The fourth-order valence-corrected chi connectivity index (χ4v) is 4.23. The Bertz CT molecular complexity index is 640. The van der Waals surface area contributed by atoms with Crippen molar-refractivity contribution in [2.75, 3.05) is 0 Å². The van der Waals surface area contributed by atoms with Crippen molar-refractivity contribution < 1.29 is 0 Å². The molecule has 0 aliphatic carbocycles. The zero-order valence-corrected chi connectivity index (χ0v) is 12.9. The summed E-state index contributed by atoms with van der Waals surface area (Å²) in [6.07, 6.45) is 4.72. The van der Waals surface area contributed by atoms with Crippen LogP contribution in [0.3, 0.4) is 0 Å². The van der Waals surface area contributed by atoms with Gasteiger partial charge in [0.15, 0.2) is 0 Å². The highest BCUT2D eigenvalue weighted by molar-refractivity contribution is 7.12. The van der Waals surface area contributed by atoms with Gasteiger partial charge in [-0.15, -0.1) is 34.0 Å². The summed E-state index contributed by atoms with van der Waals surface area (Å²) in [5.74, 6) is 0. The molecule has 0 aliphatic heterocycles. The molecule has 19 heavy (non-hydrogen) atoms. The fourth-order valence-electron chi connectivity index (χ4n) is 1.73. The molecule has 0 aromatic carbocycles. The molecule has 0 amide bonds. The van der Waals surface area contributed by atoms with Gasteiger partial charge in [-0.25, -0.2) is 15.0 Å². The van der Waals surface area contributed by atoms with Gasteiger partial charge in [0, 0.05) is 34.7 Å². The van der Waals surface area contributed by atoms with Crippen LogP contribution < -0.4 is 0 Å². The van der Waals surface area contributed by atoms with Gasteiger partial charge in [-0.2, -0.15) is 0 Å². The highest BCUT2D eigenvalue weighted by atomic mass is 32.1. The largest absolute Gasteiger partial charge is 0.249 e. The van der Waals surface area contributed by atoms with E-state index in [1.807, 2.05) is 11.7 Å². The topological polar surface area (TPSA) is 38.7 Å². The minimum atomic E-state index is 0.840. The number of aromatic nitrogens is 3. The van der Waals surface area contributed by atoms with Crippen LogP contribution >= 0.6 is 34.0 Å². The number of aryl methyl sites for hydroxylation is 1. The molecule has 0 saturated heterocycles. The normalized spacial score (nSPS) is 11.0. The molecule has 0 aliphatic rings. The lowest BCUT2D eigenvalue weighted by Gasteiger charge is -1.91. The predicted molar refractivity (Wildman–Crippen MR) is 81.3 cm³/mol. The quantitative estimate of drug-likeness (QED) is 0.719. The number of rotatable bonds is 5. The molecule has 0 radical (unpaired) electrons. The molecule has 3 aromatic rings. The van der Waals surface area contributed by atoms with Crippen molar-refractivity contribution in [2.24, 2.45) is 0 Å². The SMILES string of the molecule is CCc1csc(Cc2cnc(Cc3cscn3)s2)n1. The maximum Gasteiger partial charge on any atom is 0.0987 e. The Hall–Kier alpha value is -1.11. The zero-order valence-electron chi connectivity index (χ0n) is 10.5. The highest BCUT2D eigenvalue weighted by Crippen LogP contribution is 2.21. The standard InChI is InChI=1S/C13H13N3S3/c1-2-9-7-18-13(16-9)4-11-5-14-12(19-11)3-10-6-17-8-15-10/h5-8H,2-4H2,1H3. The monoisotopic (exact) mass is 307 g/mol. The van der Waals surface area contributed by atoms with Crippen LogP contribution in [0.4, 0.5) is 0 Å². The summed E-state index contributed by atoms with van der Waals surface area (Å²) in [6.45, 7) is 2.14. The van der Waals surface area contributed by atoms with Crippen LogP contribution in [-0.2, 0) is 19.3 Å². The van der Waals surface area contributed by atoms with E-state index in [9.17, 15) is 0 Å². The Morgan fingerprint density at radius 1 is 1.05 bits per heavy atom. The van der Waals surface area contributed by atoms with Crippen molar-refractivity contribution >= 4 is 34.0 Å². The van der Waals surface area contributed by atoms with E-state index >= 15 is 0 Å². The summed E-state index contributed by atoms with van der Waals surface area (Å²) in [5, 5.41) is 6.54. The van der Waals surface area contributed by atoms with Gasteiger partial charge in [-0.1, -0.05) is 6.92 Å². The number of thiazole rings is 3. The number of nitrogens with zero attached hydrogens (tertiary/aromatic N) is 3. The van der Waals surface area contributed by atoms with Crippen LogP contribution in [0, 0.1) is 0 Å². The van der Waals surface area contributed by atoms with Crippen LogP contribution in [0.5, 0.6) is 0 Å². The van der Waals surface area contributed by atoms with E-state index in [1.54, 1.807) is 34.0 Å². The van der Waals surface area contributed by atoms with Crippen molar-refractivity contribution in [3.63, 3.8) is 0 Å². The lowest BCUT2D eigenvalue weighted by molar-refractivity contribution is 1.02. The summed E-state index contributed by atoms with van der Waals surface area (Å²) in [4.78, 5) is 14.6. The first kappa shape index (κ1) is 12.9. The fraction of sp³-hybridized carbons (Fsp3) is 0.308. The van der Waals surface area contributed by atoms with Gasteiger partial charge < -0.3 is 0 Å². The first-order valence-corrected chi connectivity index (χ1v) is 8.71. The molecule has 0 N–H and O–H groups in total. The maximum atomic E-state index is 4.60. The van der Waals surface area contributed by atoms with Crippen LogP contribution in [0.15, 0.2) is 22.5 Å². The third kappa shape index (κ3) is 3.26. The van der Waals surface area contributed by atoms with Gasteiger partial charge in [0.05, 0.1) is 26.9 Å². The molecule has 3 heterocycles. The Labute approximate surface area is 124 Å². The van der Waals surface area contributed by atoms with Gasteiger partial charge >= 0.3 is 0 Å². The predicted octanol–water partition coefficient (Wildman–Crippen LogP) is 3.80. The minimum absolute atomic E-state index is 0.840. The first-order chi connectivity index (χ1) is 9.33. The molecule has 0 atom stereocenters. The van der Waals surface area contributed by atoms with Crippen molar-refractivity contribution in [1.29, 1.82) is 0 Å². The summed E-state index contributed by atoms with van der Waals surface area (Å²) in [7, 11) is 0. The average molecular weight is 307 g/mol. The van der Waals surface area contributed by atoms with E-state index in [-0.39, 0.29) is 0 Å². The molecule has 0 bridgehead atoms. The highest BCUT2D eigenvalue weighted by Gasteiger charge is 2.07. The average Bonchev–Trinajstić information content (AvgIpc) is 3.13. The molecular formula is C13H13N3S3. The zero-order chi connectivity index (χ0) is 13.1. The molecule has 3 aromatic heterocycles.